The van der Waals surface area contributed by atoms with Gasteiger partial charge in [0.2, 0.25) is 0 Å². The molecule has 13 heavy (non-hydrogen) atoms. The summed E-state index contributed by atoms with van der Waals surface area (Å²) in [7, 11) is -3.09. The molecule has 1 atom stereocenters. The van der Waals surface area contributed by atoms with E-state index >= 15 is 0 Å². The van der Waals surface area contributed by atoms with Gasteiger partial charge in [0.15, 0.2) is 8.32 Å². The molecule has 1 aromatic rings. The summed E-state index contributed by atoms with van der Waals surface area (Å²) < 4.78 is 5.88. The standard InChI is InChI=1S/C9H17NOSi2/c1-13(2,3)11-12(10)9-7-5-4-6-8-9/h4-8,12H,10H2,1-3H3. The molecule has 0 aromatic heterocycles. The molecule has 1 unspecified atom stereocenters. The van der Waals surface area contributed by atoms with Gasteiger partial charge in [-0.3, -0.25) is 0 Å². The largest absolute Gasteiger partial charge is 0.444 e. The molecule has 2 N–H and O–H groups in total. The van der Waals surface area contributed by atoms with E-state index in [0.29, 0.717) is 0 Å². The lowest BCUT2D eigenvalue weighted by atomic mass is 10.4. The van der Waals surface area contributed by atoms with Crippen LogP contribution in [0.15, 0.2) is 30.3 Å². The van der Waals surface area contributed by atoms with Crippen molar-refractivity contribution in [1.29, 1.82) is 0 Å². The Labute approximate surface area is 82.7 Å². The van der Waals surface area contributed by atoms with Crippen molar-refractivity contribution in [2.75, 3.05) is 0 Å². The molecule has 1 rings (SSSR count). The number of nitrogens with two attached hydrogens (primary N) is 1. The lowest BCUT2D eigenvalue weighted by Crippen LogP contribution is -2.49. The van der Waals surface area contributed by atoms with E-state index in [9.17, 15) is 0 Å². The SMILES string of the molecule is C[Si](C)(C)O[SiH](N)c1ccccc1. The van der Waals surface area contributed by atoms with E-state index < -0.39 is 17.5 Å². The summed E-state index contributed by atoms with van der Waals surface area (Å²) in [5.41, 5.74) is 0. The van der Waals surface area contributed by atoms with Crippen molar-refractivity contribution in [1.82, 2.24) is 0 Å². The minimum atomic E-state index is -1.62. The Morgan fingerprint density at radius 3 is 2.15 bits per heavy atom. The quantitative estimate of drug-likeness (QED) is 0.755. The van der Waals surface area contributed by atoms with Gasteiger partial charge in [0, 0.05) is 0 Å². The third-order valence-electron chi connectivity index (χ3n) is 1.61. The lowest BCUT2D eigenvalue weighted by Gasteiger charge is -2.22. The normalized spacial score (nSPS) is 14.2. The van der Waals surface area contributed by atoms with Crippen LogP contribution in [0, 0.1) is 0 Å². The highest BCUT2D eigenvalue weighted by atomic mass is 28.4. The van der Waals surface area contributed by atoms with Crippen molar-refractivity contribution >= 4 is 22.7 Å². The van der Waals surface area contributed by atoms with E-state index in [1.807, 2.05) is 18.2 Å². The van der Waals surface area contributed by atoms with Gasteiger partial charge in [0.05, 0.1) is 0 Å². The van der Waals surface area contributed by atoms with Crippen LogP contribution in [0.4, 0.5) is 0 Å². The van der Waals surface area contributed by atoms with Crippen LogP contribution in [0.3, 0.4) is 0 Å². The maximum Gasteiger partial charge on any atom is 0.272 e. The van der Waals surface area contributed by atoms with Gasteiger partial charge < -0.3 is 9.51 Å². The average Bonchev–Trinajstić information content (AvgIpc) is 2.03. The molecular weight excluding hydrogens is 194 g/mol. The number of benzene rings is 1. The first-order valence-electron chi connectivity index (χ1n) is 4.47. The van der Waals surface area contributed by atoms with Gasteiger partial charge >= 0.3 is 0 Å². The Kier molecular flexibility index (Phi) is 3.43. The van der Waals surface area contributed by atoms with Crippen LogP contribution < -0.4 is 10.6 Å². The number of rotatable bonds is 3. The van der Waals surface area contributed by atoms with Crippen LogP contribution in [0.2, 0.25) is 19.6 Å². The first-order chi connectivity index (χ1) is 5.99. The first kappa shape index (κ1) is 10.7. The molecule has 0 aliphatic heterocycles. The molecule has 0 aliphatic carbocycles. The third kappa shape index (κ3) is 3.86. The van der Waals surface area contributed by atoms with Gasteiger partial charge in [0.25, 0.3) is 9.20 Å². The predicted octanol–water partition coefficient (Wildman–Crippen LogP) is 0.924. The van der Waals surface area contributed by atoms with E-state index in [0.717, 1.165) is 0 Å². The fourth-order valence-corrected chi connectivity index (χ4v) is 5.28. The van der Waals surface area contributed by atoms with E-state index in [1.54, 1.807) is 0 Å². The van der Waals surface area contributed by atoms with E-state index in [-0.39, 0.29) is 0 Å². The fraction of sp³-hybridized carbons (Fsp3) is 0.333. The molecule has 0 heterocycles. The Bertz CT molecular complexity index is 258. The van der Waals surface area contributed by atoms with Gasteiger partial charge in [-0.25, -0.2) is 0 Å². The maximum absolute atomic E-state index is 6.03. The Morgan fingerprint density at radius 2 is 1.69 bits per heavy atom. The Hall–Kier alpha value is -0.426. The van der Waals surface area contributed by atoms with E-state index in [2.05, 4.69) is 31.8 Å². The molecule has 72 valence electrons. The topological polar surface area (TPSA) is 35.2 Å². The number of hydrogen-bond acceptors (Lipinski definition) is 2. The molecule has 2 nitrogen and oxygen atoms in total. The van der Waals surface area contributed by atoms with Gasteiger partial charge in [-0.05, 0) is 24.8 Å². The second kappa shape index (κ2) is 4.19. The van der Waals surface area contributed by atoms with Gasteiger partial charge in [-0.2, -0.15) is 0 Å². The van der Waals surface area contributed by atoms with Crippen LogP contribution >= 0.6 is 0 Å². The molecule has 1 aromatic carbocycles. The predicted molar refractivity (Wildman–Crippen MR) is 61.8 cm³/mol. The molecule has 0 aliphatic rings. The van der Waals surface area contributed by atoms with Gasteiger partial charge in [0.1, 0.15) is 0 Å². The summed E-state index contributed by atoms with van der Waals surface area (Å²) in [4.78, 5) is 0. The van der Waals surface area contributed by atoms with E-state index in [4.69, 9.17) is 9.51 Å². The molecule has 0 radical (unpaired) electrons. The van der Waals surface area contributed by atoms with Crippen LogP contribution in [0.1, 0.15) is 0 Å². The maximum atomic E-state index is 6.03. The molecule has 0 spiro atoms. The highest BCUT2D eigenvalue weighted by Crippen LogP contribution is 2.02. The summed E-state index contributed by atoms with van der Waals surface area (Å²) in [5, 5.41) is 7.22. The Balaban J connectivity index is 2.64. The van der Waals surface area contributed by atoms with Crippen LogP contribution in [0.5, 0.6) is 0 Å². The van der Waals surface area contributed by atoms with Crippen molar-refractivity contribution in [3.63, 3.8) is 0 Å². The average molecular weight is 211 g/mol. The highest BCUT2D eigenvalue weighted by molar-refractivity contribution is 6.80. The fourth-order valence-electron chi connectivity index (χ4n) is 1.09. The lowest BCUT2D eigenvalue weighted by molar-refractivity contribution is 0.583. The van der Waals surface area contributed by atoms with Crippen molar-refractivity contribution < 1.29 is 4.12 Å². The molecule has 0 fully saturated rings. The summed E-state index contributed by atoms with van der Waals surface area (Å²) in [6, 6.07) is 10.1. The molecule has 0 bridgehead atoms. The van der Waals surface area contributed by atoms with Crippen LogP contribution in [-0.2, 0) is 4.12 Å². The van der Waals surface area contributed by atoms with Gasteiger partial charge in [-0.15, -0.1) is 0 Å². The van der Waals surface area contributed by atoms with Crippen molar-refractivity contribution in [2.24, 2.45) is 5.40 Å². The summed E-state index contributed by atoms with van der Waals surface area (Å²) in [5.74, 6) is 0. The molecule has 0 saturated heterocycles. The second-order valence-electron chi connectivity index (χ2n) is 4.06. The second-order valence-corrected chi connectivity index (χ2v) is 10.7. The highest BCUT2D eigenvalue weighted by Gasteiger charge is 2.20. The zero-order chi connectivity index (χ0) is 9.90. The van der Waals surface area contributed by atoms with E-state index in [1.165, 1.54) is 5.19 Å². The minimum Gasteiger partial charge on any atom is -0.444 e. The Morgan fingerprint density at radius 1 is 1.15 bits per heavy atom. The minimum absolute atomic E-state index is 1.19. The van der Waals surface area contributed by atoms with Crippen molar-refractivity contribution in [2.45, 2.75) is 19.6 Å². The molecule has 0 amide bonds. The smallest absolute Gasteiger partial charge is 0.272 e. The first-order valence-corrected chi connectivity index (χ1v) is 9.60. The van der Waals surface area contributed by atoms with Crippen molar-refractivity contribution in [3.05, 3.63) is 30.3 Å². The van der Waals surface area contributed by atoms with Crippen LogP contribution in [0.25, 0.3) is 0 Å². The zero-order valence-corrected chi connectivity index (χ0v) is 10.6. The summed E-state index contributed by atoms with van der Waals surface area (Å²) >= 11 is 0. The van der Waals surface area contributed by atoms with Gasteiger partial charge in [-0.1, -0.05) is 30.3 Å². The van der Waals surface area contributed by atoms with Crippen LogP contribution in [-0.4, -0.2) is 17.5 Å². The summed E-state index contributed by atoms with van der Waals surface area (Å²) in [6.45, 7) is 6.51. The monoisotopic (exact) mass is 211 g/mol. The zero-order valence-electron chi connectivity index (χ0n) is 8.45. The molecular formula is C9H17NOSi2. The molecule has 0 saturated carbocycles. The third-order valence-corrected chi connectivity index (χ3v) is 6.49. The number of hydrogen-bond donors (Lipinski definition) is 1. The summed E-state index contributed by atoms with van der Waals surface area (Å²) in [6.07, 6.45) is 0. The van der Waals surface area contributed by atoms with Crippen molar-refractivity contribution in [3.8, 4) is 0 Å². The molecule has 4 heteroatoms.